The fraction of sp³-hybridized carbons (Fsp3) is 0. The molecule has 2 aromatic rings. The molecule has 0 spiro atoms. The number of benzene rings is 2. The predicted octanol–water partition coefficient (Wildman–Crippen LogP) is 0.897. The van der Waals surface area contributed by atoms with E-state index in [9.17, 15) is 19.8 Å². The van der Waals surface area contributed by atoms with Crippen molar-refractivity contribution >= 4 is 24.1 Å². The van der Waals surface area contributed by atoms with Gasteiger partial charge < -0.3 is 19.8 Å². The molecule has 0 radical (unpaired) electrons. The second-order valence-corrected chi connectivity index (χ2v) is 4.13. The molecule has 0 bridgehead atoms. The van der Waals surface area contributed by atoms with Gasteiger partial charge in [0, 0.05) is 0 Å². The van der Waals surface area contributed by atoms with Crippen molar-refractivity contribution in [3.63, 3.8) is 0 Å². The summed E-state index contributed by atoms with van der Waals surface area (Å²) in [5.74, 6) is -2.34. The Bertz CT molecular complexity index is 590. The molecule has 4 nitrogen and oxygen atoms in total. The summed E-state index contributed by atoms with van der Waals surface area (Å²) in [7, 11) is 0. The fourth-order valence-electron chi connectivity index (χ4n) is 1.46. The number of carbonyl (C=O) groups excluding carboxylic acids is 2. The quantitative estimate of drug-likeness (QED) is 0.574. The molecule has 0 aliphatic carbocycles. The molecule has 0 fully saturated rings. The first-order valence-electron chi connectivity index (χ1n) is 6.46. The second-order valence-electron chi connectivity index (χ2n) is 4.13. The average Bonchev–Trinajstić information content (AvgIpc) is 2.53. The van der Waals surface area contributed by atoms with E-state index < -0.39 is 11.9 Å². The molecular formula is C18H14MoO4. The molecular weight excluding hydrogens is 376 g/mol. The van der Waals surface area contributed by atoms with Crippen LogP contribution in [-0.4, -0.2) is 11.9 Å². The molecule has 0 N–H and O–H groups in total. The first-order valence-corrected chi connectivity index (χ1v) is 6.46. The van der Waals surface area contributed by atoms with Crippen LogP contribution in [0.25, 0.3) is 12.2 Å². The zero-order valence-electron chi connectivity index (χ0n) is 12.1. The molecule has 0 aliphatic rings. The normalized spacial score (nSPS) is 9.74. The van der Waals surface area contributed by atoms with Crippen LogP contribution in [0.3, 0.4) is 0 Å². The molecule has 0 amide bonds. The first kappa shape index (κ1) is 20.5. The standard InChI is InChI=1S/2C9H8O2.Mo/c2*10-9(11)7-6-8-4-2-1-3-5-8;/h2*1-7H,(H,10,11);/q;;+2/p-2. The van der Waals surface area contributed by atoms with Crippen LogP contribution in [0.4, 0.5) is 0 Å². The van der Waals surface area contributed by atoms with Crippen molar-refractivity contribution in [2.45, 2.75) is 0 Å². The molecule has 0 atom stereocenters. The molecule has 0 saturated heterocycles. The zero-order valence-corrected chi connectivity index (χ0v) is 14.1. The number of carboxylic acid groups (broad SMARTS) is 2. The molecule has 116 valence electrons. The van der Waals surface area contributed by atoms with Crippen LogP contribution < -0.4 is 10.2 Å². The Hall–Kier alpha value is -2.45. The topological polar surface area (TPSA) is 80.3 Å². The monoisotopic (exact) mass is 392 g/mol. The molecule has 0 aromatic heterocycles. The van der Waals surface area contributed by atoms with Gasteiger partial charge in [-0.25, -0.2) is 0 Å². The van der Waals surface area contributed by atoms with Gasteiger partial charge in [0.2, 0.25) is 0 Å². The fourth-order valence-corrected chi connectivity index (χ4v) is 1.46. The smallest absolute Gasteiger partial charge is 0.545 e. The molecule has 2 aromatic carbocycles. The van der Waals surface area contributed by atoms with E-state index in [2.05, 4.69) is 0 Å². The van der Waals surface area contributed by atoms with E-state index in [1.54, 1.807) is 0 Å². The van der Waals surface area contributed by atoms with Crippen molar-refractivity contribution in [2.75, 3.05) is 0 Å². The summed E-state index contributed by atoms with van der Waals surface area (Å²) in [4.78, 5) is 19.9. The molecule has 5 heteroatoms. The number of rotatable bonds is 4. The summed E-state index contributed by atoms with van der Waals surface area (Å²) in [5, 5.41) is 19.9. The van der Waals surface area contributed by atoms with Crippen LogP contribution in [0.5, 0.6) is 0 Å². The third kappa shape index (κ3) is 10.9. The minimum atomic E-state index is -1.17. The predicted molar refractivity (Wildman–Crippen MR) is 81.0 cm³/mol. The summed E-state index contributed by atoms with van der Waals surface area (Å²) in [5.41, 5.74) is 1.72. The maximum atomic E-state index is 9.97. The Morgan fingerprint density at radius 1 is 0.652 bits per heavy atom. The van der Waals surface area contributed by atoms with Crippen LogP contribution in [0.1, 0.15) is 11.1 Å². The van der Waals surface area contributed by atoms with Gasteiger partial charge >= 0.3 is 21.1 Å². The van der Waals surface area contributed by atoms with Gasteiger partial charge in [-0.2, -0.15) is 0 Å². The van der Waals surface area contributed by atoms with Crippen LogP contribution in [-0.2, 0) is 30.7 Å². The molecule has 0 aliphatic heterocycles. The van der Waals surface area contributed by atoms with Gasteiger partial charge in [-0.05, 0) is 23.3 Å². The van der Waals surface area contributed by atoms with E-state index in [-0.39, 0.29) is 21.1 Å². The summed E-state index contributed by atoms with van der Waals surface area (Å²) >= 11 is 0. The Kier molecular flexibility index (Phi) is 10.8. The summed E-state index contributed by atoms with van der Waals surface area (Å²) < 4.78 is 0. The Labute approximate surface area is 149 Å². The number of hydrogen-bond acceptors (Lipinski definition) is 4. The third-order valence-electron chi connectivity index (χ3n) is 2.42. The molecule has 2 rings (SSSR count). The van der Waals surface area contributed by atoms with Crippen LogP contribution in [0, 0.1) is 0 Å². The van der Waals surface area contributed by atoms with E-state index in [0.29, 0.717) is 0 Å². The Balaban J connectivity index is 0.000000403. The van der Waals surface area contributed by atoms with E-state index in [0.717, 1.165) is 23.3 Å². The summed E-state index contributed by atoms with van der Waals surface area (Å²) in [6.45, 7) is 0. The van der Waals surface area contributed by atoms with Crippen molar-refractivity contribution in [3.05, 3.63) is 83.9 Å². The van der Waals surface area contributed by atoms with Gasteiger partial charge in [0.05, 0.1) is 11.9 Å². The van der Waals surface area contributed by atoms with Gasteiger partial charge in [-0.1, -0.05) is 72.8 Å². The number of hydrogen-bond donors (Lipinski definition) is 0. The maximum absolute atomic E-state index is 9.97. The minimum absolute atomic E-state index is 0. The molecule has 23 heavy (non-hydrogen) atoms. The van der Waals surface area contributed by atoms with Gasteiger partial charge in [0.25, 0.3) is 0 Å². The van der Waals surface area contributed by atoms with E-state index in [1.165, 1.54) is 12.2 Å². The number of carboxylic acids is 2. The van der Waals surface area contributed by atoms with Gasteiger partial charge in [0.15, 0.2) is 0 Å². The van der Waals surface area contributed by atoms with Crippen LogP contribution in [0.2, 0.25) is 0 Å². The van der Waals surface area contributed by atoms with E-state index >= 15 is 0 Å². The van der Waals surface area contributed by atoms with Gasteiger partial charge in [0.1, 0.15) is 0 Å². The number of aliphatic carboxylic acids is 2. The minimum Gasteiger partial charge on any atom is -0.545 e. The van der Waals surface area contributed by atoms with Crippen molar-refractivity contribution in [1.82, 2.24) is 0 Å². The molecule has 0 saturated carbocycles. The second kappa shape index (κ2) is 12.1. The zero-order chi connectivity index (χ0) is 16.2. The average molecular weight is 390 g/mol. The Morgan fingerprint density at radius 2 is 0.957 bits per heavy atom. The van der Waals surface area contributed by atoms with Crippen molar-refractivity contribution in [3.8, 4) is 0 Å². The Morgan fingerprint density at radius 3 is 1.22 bits per heavy atom. The van der Waals surface area contributed by atoms with E-state index in [1.807, 2.05) is 60.7 Å². The molecule has 0 heterocycles. The van der Waals surface area contributed by atoms with Crippen LogP contribution >= 0.6 is 0 Å². The summed E-state index contributed by atoms with van der Waals surface area (Å²) in [6, 6.07) is 18.4. The van der Waals surface area contributed by atoms with Crippen LogP contribution in [0.15, 0.2) is 72.8 Å². The van der Waals surface area contributed by atoms with Crippen molar-refractivity contribution < 1.29 is 40.9 Å². The largest absolute Gasteiger partial charge is 2.00 e. The third-order valence-corrected chi connectivity index (χ3v) is 2.42. The van der Waals surface area contributed by atoms with Crippen molar-refractivity contribution in [1.29, 1.82) is 0 Å². The van der Waals surface area contributed by atoms with Gasteiger partial charge in [-0.3, -0.25) is 0 Å². The van der Waals surface area contributed by atoms with Crippen molar-refractivity contribution in [2.24, 2.45) is 0 Å². The SMILES string of the molecule is O=C([O-])C=Cc1ccccc1.O=C([O-])C=Cc1ccccc1.[Mo+2]. The molecule has 0 unspecified atom stereocenters. The summed E-state index contributed by atoms with van der Waals surface area (Å²) in [6.07, 6.45) is 5.01. The maximum Gasteiger partial charge on any atom is 2.00 e. The van der Waals surface area contributed by atoms with Gasteiger partial charge in [-0.15, -0.1) is 0 Å². The first-order chi connectivity index (χ1) is 10.6. The van der Waals surface area contributed by atoms with E-state index in [4.69, 9.17) is 0 Å². The number of carbonyl (C=O) groups is 2.